The first-order valence-electron chi connectivity index (χ1n) is 7.47. The molecule has 0 radical (unpaired) electrons. The highest BCUT2D eigenvalue weighted by Gasteiger charge is 2.42. The van der Waals surface area contributed by atoms with Gasteiger partial charge in [0.2, 0.25) is 5.91 Å². The average Bonchev–Trinajstić information content (AvgIpc) is 3.04. The number of amides is 1. The standard InChI is InChI=1S/C16H22N2O2/c1-3-20-15-8-10(2)4-6-14(15)18-16(19)12-9-11-5-7-13(12)17-11/h4,6,8,11-13,17H,3,5,7,9H2,1-2H3,(H,18,19). The number of benzene rings is 1. The molecule has 0 aliphatic carbocycles. The fourth-order valence-electron chi connectivity index (χ4n) is 3.35. The average molecular weight is 274 g/mol. The zero-order valence-electron chi connectivity index (χ0n) is 12.1. The first-order chi connectivity index (χ1) is 9.67. The third-order valence-corrected chi connectivity index (χ3v) is 4.33. The van der Waals surface area contributed by atoms with Crippen molar-refractivity contribution in [2.24, 2.45) is 5.92 Å². The lowest BCUT2D eigenvalue weighted by Gasteiger charge is -2.20. The van der Waals surface area contributed by atoms with E-state index in [-0.39, 0.29) is 11.8 Å². The van der Waals surface area contributed by atoms with E-state index in [1.54, 1.807) is 0 Å². The Hall–Kier alpha value is -1.55. The highest BCUT2D eigenvalue weighted by molar-refractivity contribution is 5.94. The summed E-state index contributed by atoms with van der Waals surface area (Å²) in [6.45, 7) is 4.57. The normalized spacial score (nSPS) is 27.6. The Labute approximate surface area is 119 Å². The lowest BCUT2D eigenvalue weighted by atomic mass is 9.88. The molecular weight excluding hydrogens is 252 g/mol. The fourth-order valence-corrected chi connectivity index (χ4v) is 3.35. The van der Waals surface area contributed by atoms with Gasteiger partial charge in [-0.05, 0) is 50.8 Å². The fraction of sp³-hybridized carbons (Fsp3) is 0.562. The van der Waals surface area contributed by atoms with Crippen molar-refractivity contribution in [2.75, 3.05) is 11.9 Å². The van der Waals surface area contributed by atoms with Crippen molar-refractivity contribution in [1.82, 2.24) is 5.32 Å². The van der Waals surface area contributed by atoms with E-state index < -0.39 is 0 Å². The van der Waals surface area contributed by atoms with Gasteiger partial charge in [-0.3, -0.25) is 4.79 Å². The summed E-state index contributed by atoms with van der Waals surface area (Å²) in [5.74, 6) is 0.982. The molecule has 3 rings (SSSR count). The van der Waals surface area contributed by atoms with Gasteiger partial charge in [0, 0.05) is 12.1 Å². The molecule has 3 atom stereocenters. The summed E-state index contributed by atoms with van der Waals surface area (Å²) in [5, 5.41) is 6.55. The van der Waals surface area contributed by atoms with E-state index in [2.05, 4.69) is 10.6 Å². The van der Waals surface area contributed by atoms with E-state index in [9.17, 15) is 4.79 Å². The monoisotopic (exact) mass is 274 g/mol. The van der Waals surface area contributed by atoms with Crippen LogP contribution in [0, 0.1) is 12.8 Å². The predicted octanol–water partition coefficient (Wildman–Crippen LogP) is 2.47. The minimum atomic E-state index is 0.101. The van der Waals surface area contributed by atoms with Gasteiger partial charge in [-0.15, -0.1) is 0 Å². The molecule has 1 aromatic rings. The van der Waals surface area contributed by atoms with Crippen LogP contribution in [0.5, 0.6) is 5.75 Å². The molecule has 2 heterocycles. The molecule has 1 aromatic carbocycles. The Morgan fingerprint density at radius 2 is 2.30 bits per heavy atom. The van der Waals surface area contributed by atoms with E-state index >= 15 is 0 Å². The summed E-state index contributed by atoms with van der Waals surface area (Å²) < 4.78 is 5.61. The molecule has 2 fully saturated rings. The molecule has 4 nitrogen and oxygen atoms in total. The van der Waals surface area contributed by atoms with Crippen molar-refractivity contribution in [3.63, 3.8) is 0 Å². The van der Waals surface area contributed by atoms with Crippen LogP contribution in [0.4, 0.5) is 5.69 Å². The van der Waals surface area contributed by atoms with Crippen molar-refractivity contribution in [3.05, 3.63) is 23.8 Å². The van der Waals surface area contributed by atoms with Crippen LogP contribution in [0.25, 0.3) is 0 Å². The molecule has 3 unspecified atom stereocenters. The van der Waals surface area contributed by atoms with Gasteiger partial charge in [0.15, 0.2) is 0 Å². The van der Waals surface area contributed by atoms with E-state index in [0.717, 1.165) is 29.8 Å². The van der Waals surface area contributed by atoms with Gasteiger partial charge in [0.05, 0.1) is 18.2 Å². The second kappa shape index (κ2) is 5.44. The lowest BCUT2D eigenvalue weighted by Crippen LogP contribution is -2.32. The van der Waals surface area contributed by atoms with Crippen LogP contribution in [0.2, 0.25) is 0 Å². The third-order valence-electron chi connectivity index (χ3n) is 4.33. The van der Waals surface area contributed by atoms with Gasteiger partial charge >= 0.3 is 0 Å². The number of aryl methyl sites for hydroxylation is 1. The number of hydrogen-bond donors (Lipinski definition) is 2. The van der Waals surface area contributed by atoms with Crippen molar-refractivity contribution < 1.29 is 9.53 Å². The summed E-state index contributed by atoms with van der Waals surface area (Å²) in [7, 11) is 0. The Balaban J connectivity index is 1.72. The molecule has 20 heavy (non-hydrogen) atoms. The number of hydrogen-bond acceptors (Lipinski definition) is 3. The maximum Gasteiger partial charge on any atom is 0.229 e. The largest absolute Gasteiger partial charge is 0.492 e. The van der Waals surface area contributed by atoms with Crippen LogP contribution >= 0.6 is 0 Å². The zero-order chi connectivity index (χ0) is 14.1. The molecule has 0 saturated carbocycles. The molecule has 2 saturated heterocycles. The molecule has 108 valence electrons. The lowest BCUT2D eigenvalue weighted by molar-refractivity contribution is -0.120. The summed E-state index contributed by atoms with van der Waals surface area (Å²) >= 11 is 0. The van der Waals surface area contributed by atoms with Crippen LogP contribution in [-0.2, 0) is 4.79 Å². The predicted molar refractivity (Wildman–Crippen MR) is 79.0 cm³/mol. The van der Waals surface area contributed by atoms with Crippen LogP contribution < -0.4 is 15.4 Å². The number of carbonyl (C=O) groups is 1. The van der Waals surface area contributed by atoms with Gasteiger partial charge in [-0.1, -0.05) is 6.07 Å². The summed E-state index contributed by atoms with van der Waals surface area (Å²) in [5.41, 5.74) is 1.92. The van der Waals surface area contributed by atoms with Crippen molar-refractivity contribution in [3.8, 4) is 5.75 Å². The number of rotatable bonds is 4. The van der Waals surface area contributed by atoms with E-state index in [4.69, 9.17) is 4.74 Å². The van der Waals surface area contributed by atoms with Crippen molar-refractivity contribution >= 4 is 11.6 Å². The molecule has 2 aliphatic rings. The molecule has 1 amide bonds. The van der Waals surface area contributed by atoms with Crippen LogP contribution in [0.1, 0.15) is 31.7 Å². The number of ether oxygens (including phenoxy) is 1. The Morgan fingerprint density at radius 3 is 2.95 bits per heavy atom. The molecule has 2 aliphatic heterocycles. The van der Waals surface area contributed by atoms with E-state index in [0.29, 0.717) is 18.7 Å². The molecular formula is C16H22N2O2. The molecule has 0 aromatic heterocycles. The maximum atomic E-state index is 12.4. The number of anilines is 1. The van der Waals surface area contributed by atoms with Gasteiger partial charge in [0.25, 0.3) is 0 Å². The van der Waals surface area contributed by atoms with E-state index in [1.165, 1.54) is 6.42 Å². The third kappa shape index (κ3) is 2.52. The molecule has 2 N–H and O–H groups in total. The van der Waals surface area contributed by atoms with Crippen LogP contribution in [0.15, 0.2) is 18.2 Å². The Morgan fingerprint density at radius 1 is 1.45 bits per heavy atom. The quantitative estimate of drug-likeness (QED) is 0.887. The Kier molecular flexibility index (Phi) is 3.66. The highest BCUT2D eigenvalue weighted by atomic mass is 16.5. The minimum Gasteiger partial charge on any atom is -0.492 e. The molecule has 4 heteroatoms. The number of nitrogens with one attached hydrogen (secondary N) is 2. The molecule has 0 spiro atoms. The number of fused-ring (bicyclic) bond motifs is 2. The summed E-state index contributed by atoms with van der Waals surface area (Å²) in [6.07, 6.45) is 3.30. The van der Waals surface area contributed by atoms with Crippen LogP contribution in [-0.4, -0.2) is 24.6 Å². The topological polar surface area (TPSA) is 50.4 Å². The van der Waals surface area contributed by atoms with Gasteiger partial charge in [-0.25, -0.2) is 0 Å². The van der Waals surface area contributed by atoms with Crippen molar-refractivity contribution in [2.45, 2.75) is 45.2 Å². The highest BCUT2D eigenvalue weighted by Crippen LogP contribution is 2.35. The number of carbonyl (C=O) groups excluding carboxylic acids is 1. The second-order valence-corrected chi connectivity index (χ2v) is 5.81. The minimum absolute atomic E-state index is 0.101. The SMILES string of the molecule is CCOc1cc(C)ccc1NC(=O)C1CC2CCC1N2. The van der Waals surface area contributed by atoms with Gasteiger partial charge < -0.3 is 15.4 Å². The second-order valence-electron chi connectivity index (χ2n) is 5.81. The van der Waals surface area contributed by atoms with Crippen molar-refractivity contribution in [1.29, 1.82) is 0 Å². The Bertz CT molecular complexity index is 515. The van der Waals surface area contributed by atoms with Gasteiger partial charge in [0.1, 0.15) is 5.75 Å². The zero-order valence-corrected chi connectivity index (χ0v) is 12.1. The van der Waals surface area contributed by atoms with Crippen LogP contribution in [0.3, 0.4) is 0 Å². The first-order valence-corrected chi connectivity index (χ1v) is 7.47. The summed E-state index contributed by atoms with van der Waals surface area (Å²) in [6, 6.07) is 6.80. The maximum absolute atomic E-state index is 12.4. The van der Waals surface area contributed by atoms with E-state index in [1.807, 2.05) is 32.0 Å². The smallest absolute Gasteiger partial charge is 0.229 e. The molecule has 2 bridgehead atoms. The first kappa shape index (κ1) is 13.4. The summed E-state index contributed by atoms with van der Waals surface area (Å²) in [4.78, 5) is 12.4. The van der Waals surface area contributed by atoms with Gasteiger partial charge in [-0.2, -0.15) is 0 Å².